The van der Waals surface area contributed by atoms with Gasteiger partial charge in [-0.25, -0.2) is 0 Å². The van der Waals surface area contributed by atoms with Crippen LogP contribution in [-0.4, -0.2) is 78.6 Å². The molecule has 2 N–H and O–H groups in total. The predicted octanol–water partition coefficient (Wildman–Crippen LogP) is 0.578. The SMILES string of the molecule is CC1CN(C)CCCN1C1(CN)CCN2CCCC21. The van der Waals surface area contributed by atoms with Crippen LogP contribution in [0.3, 0.4) is 0 Å². The Bertz CT molecular complexity index is 321. The smallest absolute Gasteiger partial charge is 0.0502 e. The lowest BCUT2D eigenvalue weighted by atomic mass is 9.85. The molecule has 3 atom stereocenters. The molecule has 0 aliphatic carbocycles. The van der Waals surface area contributed by atoms with Gasteiger partial charge in [0.05, 0.1) is 5.54 Å². The van der Waals surface area contributed by atoms with Crippen LogP contribution in [0.5, 0.6) is 0 Å². The average Bonchev–Trinajstić information content (AvgIpc) is 2.92. The Morgan fingerprint density at radius 2 is 2.00 bits per heavy atom. The third-order valence-corrected chi connectivity index (χ3v) is 5.79. The number of rotatable bonds is 2. The molecule has 0 spiro atoms. The maximum Gasteiger partial charge on any atom is 0.0502 e. The zero-order valence-electron chi connectivity index (χ0n) is 12.6. The van der Waals surface area contributed by atoms with Crippen molar-refractivity contribution in [1.82, 2.24) is 14.7 Å². The molecule has 0 bridgehead atoms. The number of nitrogens with two attached hydrogens (primary N) is 1. The Kier molecular flexibility index (Phi) is 3.87. The van der Waals surface area contributed by atoms with E-state index in [1.54, 1.807) is 0 Å². The van der Waals surface area contributed by atoms with Crippen molar-refractivity contribution in [3.8, 4) is 0 Å². The zero-order valence-corrected chi connectivity index (χ0v) is 12.6. The molecular weight excluding hydrogens is 236 g/mol. The van der Waals surface area contributed by atoms with Gasteiger partial charge in [0.1, 0.15) is 0 Å². The molecular formula is C15H30N4. The van der Waals surface area contributed by atoms with E-state index in [4.69, 9.17) is 5.73 Å². The monoisotopic (exact) mass is 266 g/mol. The van der Waals surface area contributed by atoms with E-state index in [9.17, 15) is 0 Å². The van der Waals surface area contributed by atoms with Gasteiger partial charge in [0.25, 0.3) is 0 Å². The molecule has 3 aliphatic rings. The summed E-state index contributed by atoms with van der Waals surface area (Å²) in [6, 6.07) is 1.36. The van der Waals surface area contributed by atoms with Crippen molar-refractivity contribution in [3.05, 3.63) is 0 Å². The van der Waals surface area contributed by atoms with Gasteiger partial charge in [-0.15, -0.1) is 0 Å². The van der Waals surface area contributed by atoms with E-state index in [0.717, 1.165) is 12.6 Å². The van der Waals surface area contributed by atoms with Crippen LogP contribution in [0.1, 0.15) is 32.6 Å². The van der Waals surface area contributed by atoms with Crippen LogP contribution >= 0.6 is 0 Å². The quantitative estimate of drug-likeness (QED) is 0.793. The molecule has 0 aromatic heterocycles. The number of hydrogen-bond acceptors (Lipinski definition) is 4. The number of hydrogen-bond donors (Lipinski definition) is 1. The van der Waals surface area contributed by atoms with Gasteiger partial charge in [0, 0.05) is 38.3 Å². The first-order valence-electron chi connectivity index (χ1n) is 8.07. The highest BCUT2D eigenvalue weighted by Crippen LogP contribution is 2.41. The third-order valence-electron chi connectivity index (χ3n) is 5.79. The first-order valence-corrected chi connectivity index (χ1v) is 8.07. The highest BCUT2D eigenvalue weighted by Gasteiger charge is 2.52. The van der Waals surface area contributed by atoms with E-state index in [1.807, 2.05) is 0 Å². The van der Waals surface area contributed by atoms with E-state index in [-0.39, 0.29) is 5.54 Å². The number of fused-ring (bicyclic) bond motifs is 1. The van der Waals surface area contributed by atoms with Gasteiger partial charge in [-0.05, 0) is 52.7 Å². The van der Waals surface area contributed by atoms with Crippen LogP contribution in [0, 0.1) is 0 Å². The molecule has 0 saturated carbocycles. The average molecular weight is 266 g/mol. The lowest BCUT2D eigenvalue weighted by Crippen LogP contribution is -2.63. The molecule has 3 fully saturated rings. The molecule has 3 aliphatic heterocycles. The second-order valence-electron chi connectivity index (χ2n) is 6.91. The third kappa shape index (κ3) is 2.23. The molecule has 3 unspecified atom stereocenters. The van der Waals surface area contributed by atoms with Crippen LogP contribution < -0.4 is 5.73 Å². The minimum Gasteiger partial charge on any atom is -0.329 e. The second-order valence-corrected chi connectivity index (χ2v) is 6.91. The Morgan fingerprint density at radius 3 is 2.79 bits per heavy atom. The minimum atomic E-state index is 0.265. The fraction of sp³-hybridized carbons (Fsp3) is 1.00. The summed E-state index contributed by atoms with van der Waals surface area (Å²) in [5.41, 5.74) is 6.59. The van der Waals surface area contributed by atoms with Crippen molar-refractivity contribution < 1.29 is 0 Å². The summed E-state index contributed by atoms with van der Waals surface area (Å²) >= 11 is 0. The molecule has 19 heavy (non-hydrogen) atoms. The maximum absolute atomic E-state index is 6.32. The first kappa shape index (κ1) is 13.8. The minimum absolute atomic E-state index is 0.265. The molecule has 4 heteroatoms. The molecule has 0 aromatic rings. The van der Waals surface area contributed by atoms with E-state index >= 15 is 0 Å². The van der Waals surface area contributed by atoms with Crippen molar-refractivity contribution in [1.29, 1.82) is 0 Å². The number of likely N-dealkylation sites (N-methyl/N-ethyl adjacent to an activating group) is 1. The van der Waals surface area contributed by atoms with Crippen molar-refractivity contribution >= 4 is 0 Å². The Hall–Kier alpha value is -0.160. The lowest BCUT2D eigenvalue weighted by Gasteiger charge is -2.47. The van der Waals surface area contributed by atoms with Crippen LogP contribution in [-0.2, 0) is 0 Å². The van der Waals surface area contributed by atoms with Gasteiger partial charge in [0.2, 0.25) is 0 Å². The number of nitrogens with zero attached hydrogens (tertiary/aromatic N) is 3. The van der Waals surface area contributed by atoms with Gasteiger partial charge in [-0.2, -0.15) is 0 Å². The van der Waals surface area contributed by atoms with Crippen molar-refractivity contribution in [2.75, 3.05) is 46.3 Å². The van der Waals surface area contributed by atoms with Crippen LogP contribution in [0.15, 0.2) is 0 Å². The van der Waals surface area contributed by atoms with Gasteiger partial charge in [0.15, 0.2) is 0 Å². The maximum atomic E-state index is 6.32. The molecule has 110 valence electrons. The van der Waals surface area contributed by atoms with E-state index in [0.29, 0.717) is 6.04 Å². The molecule has 3 heterocycles. The standard InChI is InChI=1S/C15H30N4/c1-13-11-17(2)7-4-9-19(13)15(12-16)6-10-18-8-3-5-14(15)18/h13-14H,3-12,16H2,1-2H3. The molecule has 3 saturated heterocycles. The molecule has 0 radical (unpaired) electrons. The Balaban J connectivity index is 1.84. The van der Waals surface area contributed by atoms with Gasteiger partial charge < -0.3 is 10.6 Å². The van der Waals surface area contributed by atoms with Crippen LogP contribution in [0.25, 0.3) is 0 Å². The Morgan fingerprint density at radius 1 is 1.16 bits per heavy atom. The zero-order chi connectivity index (χ0) is 13.5. The summed E-state index contributed by atoms with van der Waals surface area (Å²) in [5.74, 6) is 0. The summed E-state index contributed by atoms with van der Waals surface area (Å²) in [5, 5.41) is 0. The molecule has 4 nitrogen and oxygen atoms in total. The van der Waals surface area contributed by atoms with Crippen molar-refractivity contribution in [3.63, 3.8) is 0 Å². The lowest BCUT2D eigenvalue weighted by molar-refractivity contribution is 0.0342. The second kappa shape index (κ2) is 5.32. The normalized spacial score (nSPS) is 42.5. The highest BCUT2D eigenvalue weighted by atomic mass is 15.4. The predicted molar refractivity (Wildman–Crippen MR) is 79.3 cm³/mol. The molecule has 0 aromatic carbocycles. The molecule has 3 rings (SSSR count). The van der Waals surface area contributed by atoms with Crippen molar-refractivity contribution in [2.45, 2.75) is 50.2 Å². The fourth-order valence-electron chi connectivity index (χ4n) is 4.93. The van der Waals surface area contributed by atoms with Crippen molar-refractivity contribution in [2.24, 2.45) is 5.73 Å². The topological polar surface area (TPSA) is 35.7 Å². The largest absolute Gasteiger partial charge is 0.329 e. The van der Waals surface area contributed by atoms with Crippen LogP contribution in [0.4, 0.5) is 0 Å². The highest BCUT2D eigenvalue weighted by molar-refractivity contribution is 5.11. The summed E-state index contributed by atoms with van der Waals surface area (Å²) in [4.78, 5) is 7.97. The fourth-order valence-corrected chi connectivity index (χ4v) is 4.93. The Labute approximate surface area is 117 Å². The van der Waals surface area contributed by atoms with E-state index in [2.05, 4.69) is 28.7 Å². The van der Waals surface area contributed by atoms with E-state index < -0.39 is 0 Å². The van der Waals surface area contributed by atoms with Gasteiger partial charge in [-0.3, -0.25) is 9.80 Å². The summed E-state index contributed by atoms with van der Waals surface area (Å²) < 4.78 is 0. The summed E-state index contributed by atoms with van der Waals surface area (Å²) in [7, 11) is 2.26. The first-order chi connectivity index (χ1) is 9.17. The summed E-state index contributed by atoms with van der Waals surface area (Å²) in [6.45, 7) is 9.45. The van der Waals surface area contributed by atoms with Crippen LogP contribution in [0.2, 0.25) is 0 Å². The summed E-state index contributed by atoms with van der Waals surface area (Å²) in [6.07, 6.45) is 5.29. The molecule has 0 amide bonds. The van der Waals surface area contributed by atoms with Gasteiger partial charge in [-0.1, -0.05) is 0 Å². The van der Waals surface area contributed by atoms with Gasteiger partial charge >= 0.3 is 0 Å². The van der Waals surface area contributed by atoms with E-state index in [1.165, 1.54) is 58.4 Å².